The largest absolute Gasteiger partial charge is 0.323 e. The van der Waals surface area contributed by atoms with Crippen molar-refractivity contribution < 1.29 is 4.39 Å². The first-order chi connectivity index (χ1) is 8.70. The molecule has 2 aromatic rings. The van der Waals surface area contributed by atoms with Crippen LogP contribution >= 0.6 is 0 Å². The molecule has 5 heteroatoms. The molecule has 1 saturated carbocycles. The predicted octanol–water partition coefficient (Wildman–Crippen LogP) is 2.94. The van der Waals surface area contributed by atoms with Crippen LogP contribution in [0.3, 0.4) is 0 Å². The second-order valence-corrected chi connectivity index (χ2v) is 4.53. The maximum absolute atomic E-state index is 12.7. The first-order valence-corrected chi connectivity index (χ1v) is 5.95. The maximum Gasteiger partial charge on any atom is 0.227 e. The lowest BCUT2D eigenvalue weighted by Gasteiger charge is -2.07. The fraction of sp³-hybridized carbons (Fsp3) is 0.308. The molecule has 1 N–H and O–H groups in total. The minimum Gasteiger partial charge on any atom is -0.323 e. The molecular formula is C13H13FN4. The number of nitrogens with zero attached hydrogens (tertiary/aromatic N) is 3. The van der Waals surface area contributed by atoms with Crippen molar-refractivity contribution in [2.45, 2.75) is 25.7 Å². The molecule has 2 heterocycles. The second kappa shape index (κ2) is 4.33. The number of hydrogen-bond acceptors (Lipinski definition) is 4. The highest BCUT2D eigenvalue weighted by molar-refractivity contribution is 5.51. The summed E-state index contributed by atoms with van der Waals surface area (Å²) in [6.45, 7) is 1.95. The third kappa shape index (κ3) is 2.45. The van der Waals surface area contributed by atoms with E-state index in [1.807, 2.05) is 13.0 Å². The van der Waals surface area contributed by atoms with E-state index in [0.29, 0.717) is 17.6 Å². The van der Waals surface area contributed by atoms with Crippen molar-refractivity contribution in [3.05, 3.63) is 41.7 Å². The molecule has 0 spiro atoms. The Hall–Kier alpha value is -2.04. The van der Waals surface area contributed by atoms with Crippen LogP contribution in [-0.2, 0) is 0 Å². The van der Waals surface area contributed by atoms with Gasteiger partial charge in [-0.15, -0.1) is 0 Å². The molecule has 4 nitrogen and oxygen atoms in total. The standard InChI is InChI=1S/C13H13FN4/c1-8-6-11(9-2-3-9)18-13(16-8)17-10-4-5-12(14)15-7-10/h4-7,9H,2-3H2,1H3,(H,16,17,18). The van der Waals surface area contributed by atoms with E-state index < -0.39 is 5.95 Å². The van der Waals surface area contributed by atoms with Crippen LogP contribution in [0.2, 0.25) is 0 Å². The molecule has 0 unspecified atom stereocenters. The van der Waals surface area contributed by atoms with Gasteiger partial charge >= 0.3 is 0 Å². The highest BCUT2D eigenvalue weighted by atomic mass is 19.1. The molecule has 0 amide bonds. The van der Waals surface area contributed by atoms with Crippen LogP contribution in [0, 0.1) is 12.9 Å². The number of rotatable bonds is 3. The van der Waals surface area contributed by atoms with Crippen LogP contribution in [-0.4, -0.2) is 15.0 Å². The number of aromatic nitrogens is 3. The molecule has 1 aliphatic carbocycles. The number of halogens is 1. The molecule has 92 valence electrons. The predicted molar refractivity (Wildman–Crippen MR) is 66.2 cm³/mol. The van der Waals surface area contributed by atoms with Crippen LogP contribution in [0.25, 0.3) is 0 Å². The van der Waals surface area contributed by atoms with Gasteiger partial charge in [0.05, 0.1) is 11.9 Å². The lowest BCUT2D eigenvalue weighted by molar-refractivity contribution is 0.584. The summed E-state index contributed by atoms with van der Waals surface area (Å²) in [5.41, 5.74) is 2.70. The SMILES string of the molecule is Cc1cc(C2CC2)nc(Nc2ccc(F)nc2)n1. The number of hydrogen-bond donors (Lipinski definition) is 1. The Kier molecular flexibility index (Phi) is 2.66. The first kappa shape index (κ1) is 11.1. The molecule has 18 heavy (non-hydrogen) atoms. The fourth-order valence-corrected chi connectivity index (χ4v) is 1.82. The van der Waals surface area contributed by atoms with Crippen molar-refractivity contribution in [1.82, 2.24) is 15.0 Å². The van der Waals surface area contributed by atoms with Crippen LogP contribution in [0.4, 0.5) is 16.0 Å². The lowest BCUT2D eigenvalue weighted by atomic mass is 10.2. The van der Waals surface area contributed by atoms with E-state index in [2.05, 4.69) is 20.3 Å². The number of nitrogens with one attached hydrogen (secondary N) is 1. The maximum atomic E-state index is 12.7. The average molecular weight is 244 g/mol. The van der Waals surface area contributed by atoms with Crippen LogP contribution < -0.4 is 5.32 Å². The number of aryl methyl sites for hydroxylation is 1. The third-order valence-electron chi connectivity index (χ3n) is 2.85. The molecule has 0 bridgehead atoms. The Morgan fingerprint density at radius 3 is 2.78 bits per heavy atom. The van der Waals surface area contributed by atoms with E-state index in [1.165, 1.54) is 25.1 Å². The molecule has 0 atom stereocenters. The smallest absolute Gasteiger partial charge is 0.227 e. The van der Waals surface area contributed by atoms with Gasteiger partial charge in [-0.25, -0.2) is 15.0 Å². The Morgan fingerprint density at radius 1 is 1.28 bits per heavy atom. The Labute approximate surface area is 104 Å². The van der Waals surface area contributed by atoms with Gasteiger partial charge in [0, 0.05) is 17.3 Å². The summed E-state index contributed by atoms with van der Waals surface area (Å²) >= 11 is 0. The monoisotopic (exact) mass is 244 g/mol. The van der Waals surface area contributed by atoms with Crippen molar-refractivity contribution in [3.63, 3.8) is 0 Å². The van der Waals surface area contributed by atoms with Crippen molar-refractivity contribution in [3.8, 4) is 0 Å². The van der Waals surface area contributed by atoms with E-state index >= 15 is 0 Å². The summed E-state index contributed by atoms with van der Waals surface area (Å²) in [7, 11) is 0. The highest BCUT2D eigenvalue weighted by Crippen LogP contribution is 2.39. The summed E-state index contributed by atoms with van der Waals surface area (Å²) in [5, 5.41) is 3.04. The van der Waals surface area contributed by atoms with Gasteiger partial charge in [0.2, 0.25) is 11.9 Å². The Balaban J connectivity index is 1.85. The van der Waals surface area contributed by atoms with Gasteiger partial charge in [-0.05, 0) is 38.0 Å². The summed E-state index contributed by atoms with van der Waals surface area (Å²) < 4.78 is 12.7. The summed E-state index contributed by atoms with van der Waals surface area (Å²) in [6, 6.07) is 4.94. The molecule has 0 radical (unpaired) electrons. The molecule has 2 aromatic heterocycles. The Morgan fingerprint density at radius 2 is 2.11 bits per heavy atom. The van der Waals surface area contributed by atoms with Gasteiger partial charge in [0.15, 0.2) is 0 Å². The van der Waals surface area contributed by atoms with Gasteiger partial charge < -0.3 is 5.32 Å². The highest BCUT2D eigenvalue weighted by Gasteiger charge is 2.25. The van der Waals surface area contributed by atoms with Crippen molar-refractivity contribution in [1.29, 1.82) is 0 Å². The van der Waals surface area contributed by atoms with Gasteiger partial charge in [-0.1, -0.05) is 0 Å². The molecule has 3 rings (SSSR count). The molecule has 0 aliphatic heterocycles. The van der Waals surface area contributed by atoms with Crippen LogP contribution in [0.5, 0.6) is 0 Å². The number of anilines is 2. The van der Waals surface area contributed by atoms with Gasteiger partial charge in [-0.3, -0.25) is 0 Å². The quantitative estimate of drug-likeness (QED) is 0.843. The third-order valence-corrected chi connectivity index (χ3v) is 2.85. The minimum absolute atomic E-state index is 0.496. The number of pyridine rings is 1. The summed E-state index contributed by atoms with van der Waals surface area (Å²) in [5.74, 6) is 0.633. The van der Waals surface area contributed by atoms with E-state index in [1.54, 1.807) is 6.07 Å². The van der Waals surface area contributed by atoms with Gasteiger partial charge in [0.25, 0.3) is 0 Å². The molecular weight excluding hydrogens is 231 g/mol. The second-order valence-electron chi connectivity index (χ2n) is 4.53. The van der Waals surface area contributed by atoms with Crippen molar-refractivity contribution in [2.75, 3.05) is 5.32 Å². The minimum atomic E-state index is -0.496. The topological polar surface area (TPSA) is 50.7 Å². The summed E-state index contributed by atoms with van der Waals surface area (Å²) in [4.78, 5) is 12.4. The van der Waals surface area contributed by atoms with Crippen LogP contribution in [0.15, 0.2) is 24.4 Å². The average Bonchev–Trinajstić information content (AvgIpc) is 3.15. The molecule has 0 saturated heterocycles. The van der Waals surface area contributed by atoms with E-state index in [0.717, 1.165) is 11.4 Å². The Bertz CT molecular complexity index is 564. The molecule has 0 aromatic carbocycles. The molecule has 1 fully saturated rings. The lowest BCUT2D eigenvalue weighted by Crippen LogP contribution is -2.01. The fourth-order valence-electron chi connectivity index (χ4n) is 1.82. The van der Waals surface area contributed by atoms with Gasteiger partial charge in [-0.2, -0.15) is 4.39 Å². The zero-order valence-corrected chi connectivity index (χ0v) is 10.0. The van der Waals surface area contributed by atoms with Crippen molar-refractivity contribution in [2.24, 2.45) is 0 Å². The zero-order valence-electron chi connectivity index (χ0n) is 10.0. The molecule has 1 aliphatic rings. The normalized spacial score (nSPS) is 14.6. The van der Waals surface area contributed by atoms with Crippen molar-refractivity contribution >= 4 is 11.6 Å². The van der Waals surface area contributed by atoms with E-state index in [9.17, 15) is 4.39 Å². The van der Waals surface area contributed by atoms with Gasteiger partial charge in [0.1, 0.15) is 0 Å². The first-order valence-electron chi connectivity index (χ1n) is 5.95. The zero-order chi connectivity index (χ0) is 12.5. The summed E-state index contributed by atoms with van der Waals surface area (Å²) in [6.07, 6.45) is 3.83. The van der Waals surface area contributed by atoms with E-state index in [4.69, 9.17) is 0 Å². The van der Waals surface area contributed by atoms with Crippen LogP contribution in [0.1, 0.15) is 30.1 Å². The van der Waals surface area contributed by atoms with E-state index in [-0.39, 0.29) is 0 Å².